The summed E-state index contributed by atoms with van der Waals surface area (Å²) in [7, 11) is 0. The van der Waals surface area contributed by atoms with E-state index in [0.717, 1.165) is 32.1 Å². The molecule has 2 heterocycles. The van der Waals surface area contributed by atoms with E-state index in [1.54, 1.807) is 41.5 Å². The van der Waals surface area contributed by atoms with Crippen LogP contribution in [0.3, 0.4) is 0 Å². The molecule has 0 bridgehead atoms. The Hall–Kier alpha value is -2.80. The second-order valence-corrected chi connectivity index (χ2v) is 16.0. The standard InChI is InChI=1S/C38H62N4O8/c1-13-25(39-31(43)21(5)6)17-24-20-38(24,16-4)42-34(46)30-28(48-36(11,12)50-30)27-29(49-35(9,10)47-27)33(45)40-26(14-2)18-23-19-37(23,15-3)41-32(44)22(7)8/h23-30H,5,7,13-20H2,1-4,6,8-12H3,(H,39,43)(H,40,45)(H,41,44)(H,42,46). The fourth-order valence-electron chi connectivity index (χ4n) is 7.78. The van der Waals surface area contributed by atoms with Gasteiger partial charge in [0.15, 0.2) is 23.8 Å². The highest BCUT2D eigenvalue weighted by Crippen LogP contribution is 2.51. The Morgan fingerprint density at radius 2 is 1.06 bits per heavy atom. The molecule has 10 unspecified atom stereocenters. The highest BCUT2D eigenvalue weighted by atomic mass is 16.8. The lowest BCUT2D eigenvalue weighted by atomic mass is 9.98. The highest BCUT2D eigenvalue weighted by Gasteiger charge is 2.61. The number of amides is 4. The van der Waals surface area contributed by atoms with Crippen LogP contribution in [0.4, 0.5) is 0 Å². The maximum Gasteiger partial charge on any atom is 0.252 e. The zero-order valence-electron chi connectivity index (χ0n) is 32.0. The number of hydrogen-bond donors (Lipinski definition) is 4. The maximum atomic E-state index is 14.1. The van der Waals surface area contributed by atoms with Crippen molar-refractivity contribution < 1.29 is 38.1 Å². The average molecular weight is 703 g/mol. The summed E-state index contributed by atoms with van der Waals surface area (Å²) in [4.78, 5) is 52.7. The first-order valence-electron chi connectivity index (χ1n) is 18.5. The van der Waals surface area contributed by atoms with Crippen molar-refractivity contribution in [1.29, 1.82) is 0 Å². The molecule has 4 rings (SSSR count). The fourth-order valence-corrected chi connectivity index (χ4v) is 7.78. The van der Waals surface area contributed by atoms with Crippen LogP contribution < -0.4 is 21.3 Å². The summed E-state index contributed by atoms with van der Waals surface area (Å²) in [5.74, 6) is -2.79. The molecule has 4 amide bonds. The number of ether oxygens (including phenoxy) is 4. The Labute approximate surface area is 298 Å². The number of nitrogens with one attached hydrogen (secondary N) is 4. The Morgan fingerprint density at radius 1 is 0.640 bits per heavy atom. The van der Waals surface area contributed by atoms with Gasteiger partial charge in [-0.15, -0.1) is 0 Å². The van der Waals surface area contributed by atoms with E-state index >= 15 is 0 Å². The van der Waals surface area contributed by atoms with E-state index in [9.17, 15) is 19.2 Å². The van der Waals surface area contributed by atoms with E-state index in [1.807, 2.05) is 20.8 Å². The van der Waals surface area contributed by atoms with E-state index in [-0.39, 0.29) is 53.1 Å². The normalized spacial score (nSPS) is 34.6. The Balaban J connectivity index is 1.44. The number of carbonyl (C=O) groups is 4. The van der Waals surface area contributed by atoms with Crippen LogP contribution in [0.2, 0.25) is 0 Å². The lowest BCUT2D eigenvalue weighted by Crippen LogP contribution is -2.55. The molecule has 4 aliphatic rings. The third kappa shape index (κ3) is 8.97. The summed E-state index contributed by atoms with van der Waals surface area (Å²) in [6, 6.07) is -0.187. The third-order valence-electron chi connectivity index (χ3n) is 11.1. The molecule has 282 valence electrons. The van der Waals surface area contributed by atoms with Gasteiger partial charge in [0.2, 0.25) is 11.8 Å². The van der Waals surface area contributed by atoms with Gasteiger partial charge in [-0.1, -0.05) is 40.9 Å². The van der Waals surface area contributed by atoms with Crippen molar-refractivity contribution in [3.05, 3.63) is 24.3 Å². The topological polar surface area (TPSA) is 153 Å². The third-order valence-corrected chi connectivity index (χ3v) is 11.1. The summed E-state index contributed by atoms with van der Waals surface area (Å²) < 4.78 is 25.0. The molecule has 2 saturated carbocycles. The summed E-state index contributed by atoms with van der Waals surface area (Å²) in [6.07, 6.45) is 2.09. The lowest BCUT2D eigenvalue weighted by Gasteiger charge is -2.28. The maximum absolute atomic E-state index is 14.1. The average Bonchev–Trinajstić information content (AvgIpc) is 3.83. The fraction of sp³-hybridized carbons (Fsp3) is 0.789. The minimum absolute atomic E-state index is 0.0295. The predicted molar refractivity (Wildman–Crippen MR) is 189 cm³/mol. The van der Waals surface area contributed by atoms with Crippen LogP contribution >= 0.6 is 0 Å². The molecule has 0 aromatic rings. The van der Waals surface area contributed by atoms with Gasteiger partial charge in [-0.2, -0.15) is 0 Å². The van der Waals surface area contributed by atoms with Gasteiger partial charge in [-0.25, -0.2) is 0 Å². The van der Waals surface area contributed by atoms with Gasteiger partial charge in [0, 0.05) is 34.3 Å². The number of rotatable bonds is 17. The van der Waals surface area contributed by atoms with Crippen LogP contribution in [-0.4, -0.2) is 82.8 Å². The molecule has 0 spiro atoms. The summed E-state index contributed by atoms with van der Waals surface area (Å²) in [5, 5.41) is 12.6. The van der Waals surface area contributed by atoms with Crippen LogP contribution in [0.5, 0.6) is 0 Å². The zero-order chi connectivity index (χ0) is 37.4. The van der Waals surface area contributed by atoms with Crippen molar-refractivity contribution in [1.82, 2.24) is 21.3 Å². The van der Waals surface area contributed by atoms with E-state index in [1.165, 1.54) is 0 Å². The molecule has 4 fully saturated rings. The molecule has 10 atom stereocenters. The van der Waals surface area contributed by atoms with Crippen LogP contribution in [0, 0.1) is 11.8 Å². The van der Waals surface area contributed by atoms with Crippen molar-refractivity contribution >= 4 is 23.6 Å². The Morgan fingerprint density at radius 3 is 1.48 bits per heavy atom. The molecule has 12 nitrogen and oxygen atoms in total. The Kier molecular flexibility index (Phi) is 12.0. The first-order valence-corrected chi connectivity index (χ1v) is 18.5. The Bertz CT molecular complexity index is 1350. The predicted octanol–water partition coefficient (Wildman–Crippen LogP) is 4.32. The lowest BCUT2D eigenvalue weighted by molar-refractivity contribution is -0.175. The quantitative estimate of drug-likeness (QED) is 0.164. The molecule has 0 aromatic heterocycles. The van der Waals surface area contributed by atoms with Gasteiger partial charge >= 0.3 is 0 Å². The van der Waals surface area contributed by atoms with Crippen molar-refractivity contribution in [3.8, 4) is 0 Å². The van der Waals surface area contributed by atoms with Crippen molar-refractivity contribution in [2.45, 2.75) is 180 Å². The second kappa shape index (κ2) is 15.0. The molecular weight excluding hydrogens is 640 g/mol. The minimum Gasteiger partial charge on any atom is -0.351 e. The molecule has 4 N–H and O–H groups in total. The molecular formula is C38H62N4O8. The SMILES string of the molecule is C=C(C)C(=O)NC(CC)CC1CC1(CC)NC(=O)C1OC(C)(C)OC1C1OC(C)(C)OC1C(=O)NC(CC)CC1CC1(CC)NC(=O)C(=C)C. The van der Waals surface area contributed by atoms with Crippen molar-refractivity contribution in [3.63, 3.8) is 0 Å². The highest BCUT2D eigenvalue weighted by molar-refractivity contribution is 5.93. The molecule has 50 heavy (non-hydrogen) atoms. The molecule has 2 aliphatic heterocycles. The first kappa shape index (κ1) is 40.0. The van der Waals surface area contributed by atoms with Crippen LogP contribution in [-0.2, 0) is 38.1 Å². The van der Waals surface area contributed by atoms with E-state index in [0.29, 0.717) is 30.4 Å². The van der Waals surface area contributed by atoms with Gasteiger partial charge < -0.3 is 40.2 Å². The minimum atomic E-state index is -1.11. The number of hydrogen-bond acceptors (Lipinski definition) is 8. The van der Waals surface area contributed by atoms with Gasteiger partial charge in [0.1, 0.15) is 12.2 Å². The summed E-state index contributed by atoms with van der Waals surface area (Å²) >= 11 is 0. The van der Waals surface area contributed by atoms with Gasteiger partial charge in [0.25, 0.3) is 11.8 Å². The molecule has 0 aromatic carbocycles. The van der Waals surface area contributed by atoms with E-state index < -0.39 is 41.5 Å². The second-order valence-electron chi connectivity index (χ2n) is 16.0. The smallest absolute Gasteiger partial charge is 0.252 e. The first-order chi connectivity index (χ1) is 23.2. The molecule has 12 heteroatoms. The van der Waals surface area contributed by atoms with Crippen LogP contribution in [0.15, 0.2) is 24.3 Å². The molecule has 0 radical (unpaired) electrons. The van der Waals surface area contributed by atoms with Crippen LogP contribution in [0.25, 0.3) is 0 Å². The van der Waals surface area contributed by atoms with Crippen LogP contribution in [0.1, 0.15) is 121 Å². The van der Waals surface area contributed by atoms with E-state index in [2.05, 4.69) is 41.3 Å². The zero-order valence-corrected chi connectivity index (χ0v) is 32.0. The van der Waals surface area contributed by atoms with Gasteiger partial charge in [0.05, 0.1) is 0 Å². The largest absolute Gasteiger partial charge is 0.351 e. The summed E-state index contributed by atoms with van der Waals surface area (Å²) in [6.45, 7) is 26.0. The van der Waals surface area contributed by atoms with Crippen molar-refractivity contribution in [2.24, 2.45) is 11.8 Å². The van der Waals surface area contributed by atoms with E-state index in [4.69, 9.17) is 18.9 Å². The van der Waals surface area contributed by atoms with Crippen molar-refractivity contribution in [2.75, 3.05) is 0 Å². The monoisotopic (exact) mass is 702 g/mol. The van der Waals surface area contributed by atoms with Gasteiger partial charge in [-0.3, -0.25) is 19.2 Å². The summed E-state index contributed by atoms with van der Waals surface area (Å²) in [5.41, 5.74) is 0.210. The molecule has 2 saturated heterocycles. The molecule has 2 aliphatic carbocycles. The number of carbonyl (C=O) groups excluding carboxylic acids is 4. The van der Waals surface area contributed by atoms with Gasteiger partial charge in [-0.05, 0) is 105 Å².